The van der Waals surface area contributed by atoms with Crippen LogP contribution in [0.5, 0.6) is 0 Å². The minimum Gasteiger partial charge on any atom is -0.392 e. The molecule has 6 rings (SSSR count). The van der Waals surface area contributed by atoms with Gasteiger partial charge in [-0.1, -0.05) is 36.4 Å². The summed E-state index contributed by atoms with van der Waals surface area (Å²) in [5, 5.41) is 13.8. The topological polar surface area (TPSA) is 93.9 Å². The van der Waals surface area contributed by atoms with Gasteiger partial charge in [0.15, 0.2) is 0 Å². The fraction of sp³-hybridized carbons (Fsp3) is 0.286. The summed E-state index contributed by atoms with van der Waals surface area (Å²) in [7, 11) is 3.83. The second-order valence-electron chi connectivity index (χ2n) is 11.7. The molecule has 4 heterocycles. The van der Waals surface area contributed by atoms with Gasteiger partial charge < -0.3 is 29.7 Å². The smallest absolute Gasteiger partial charge is 0.274 e. The van der Waals surface area contributed by atoms with E-state index in [0.717, 1.165) is 59.7 Å². The number of allylic oxidation sites excluding steroid dienone is 1. The molecule has 44 heavy (non-hydrogen) atoms. The number of aryl methyl sites for hydroxylation is 1. The maximum atomic E-state index is 13.7. The van der Waals surface area contributed by atoms with E-state index in [-0.39, 0.29) is 18.1 Å². The number of aromatic nitrogens is 2. The third-order valence-corrected chi connectivity index (χ3v) is 8.65. The van der Waals surface area contributed by atoms with Crippen molar-refractivity contribution >= 4 is 34.4 Å². The van der Waals surface area contributed by atoms with Crippen molar-refractivity contribution in [2.75, 3.05) is 54.9 Å². The van der Waals surface area contributed by atoms with Crippen LogP contribution in [0.3, 0.4) is 0 Å². The van der Waals surface area contributed by atoms with Crippen molar-refractivity contribution in [3.8, 4) is 11.1 Å². The molecule has 0 spiro atoms. The maximum absolute atomic E-state index is 13.7. The second kappa shape index (κ2) is 12.1. The third kappa shape index (κ3) is 5.64. The lowest BCUT2D eigenvalue weighted by molar-refractivity contribution is 0.0980. The summed E-state index contributed by atoms with van der Waals surface area (Å²) < 4.78 is 1.52. The van der Waals surface area contributed by atoms with Crippen molar-refractivity contribution in [3.05, 3.63) is 106 Å². The molecule has 1 saturated heterocycles. The van der Waals surface area contributed by atoms with E-state index in [1.54, 1.807) is 24.2 Å². The van der Waals surface area contributed by atoms with Crippen LogP contribution in [0.4, 0.5) is 22.9 Å². The summed E-state index contributed by atoms with van der Waals surface area (Å²) in [5.74, 6) is 0.473. The SMILES string of the molecule is C=C(C)c1ccc2c(c1)CCN(c1cccc(-c3cc(Nc4ccc(N5CCN(C)CC5)cn4)c(=O)n(C)c3)c1CO)C2=O. The summed E-state index contributed by atoms with van der Waals surface area (Å²) in [4.78, 5) is 37.8. The molecular formula is C35H38N6O3. The number of hydrogen-bond donors (Lipinski definition) is 2. The Balaban J connectivity index is 1.29. The number of carbonyl (C=O) groups excluding carboxylic acids is 1. The second-order valence-corrected chi connectivity index (χ2v) is 11.7. The Labute approximate surface area is 257 Å². The summed E-state index contributed by atoms with van der Waals surface area (Å²) in [6.45, 7) is 10.1. The van der Waals surface area contributed by atoms with Gasteiger partial charge in [-0.05, 0) is 67.4 Å². The van der Waals surface area contributed by atoms with E-state index in [0.29, 0.717) is 41.3 Å². The van der Waals surface area contributed by atoms with Crippen LogP contribution < -0.4 is 20.7 Å². The molecule has 226 valence electrons. The number of rotatable bonds is 7. The number of hydrogen-bond acceptors (Lipinski definition) is 7. The van der Waals surface area contributed by atoms with E-state index in [1.807, 2.05) is 61.7 Å². The highest BCUT2D eigenvalue weighted by Gasteiger charge is 2.28. The quantitative estimate of drug-likeness (QED) is 0.323. The summed E-state index contributed by atoms with van der Waals surface area (Å²) in [6.07, 6.45) is 4.29. The Morgan fingerprint density at radius 1 is 0.977 bits per heavy atom. The molecule has 2 aliphatic heterocycles. The normalized spacial score (nSPS) is 15.3. The number of piperazine rings is 1. The summed E-state index contributed by atoms with van der Waals surface area (Å²) in [5.41, 5.74) is 7.67. The first-order chi connectivity index (χ1) is 21.2. The third-order valence-electron chi connectivity index (χ3n) is 8.65. The first-order valence-corrected chi connectivity index (χ1v) is 14.9. The van der Waals surface area contributed by atoms with Gasteiger partial charge in [0.25, 0.3) is 11.5 Å². The van der Waals surface area contributed by atoms with Gasteiger partial charge in [0, 0.05) is 62.7 Å². The van der Waals surface area contributed by atoms with Crippen LogP contribution in [0.25, 0.3) is 16.7 Å². The van der Waals surface area contributed by atoms with Crippen LogP contribution in [0, 0.1) is 0 Å². The van der Waals surface area contributed by atoms with E-state index in [9.17, 15) is 14.7 Å². The molecule has 0 saturated carbocycles. The number of anilines is 4. The van der Waals surface area contributed by atoms with Crippen LogP contribution >= 0.6 is 0 Å². The predicted octanol–water partition coefficient (Wildman–Crippen LogP) is 4.67. The molecule has 0 bridgehead atoms. The van der Waals surface area contributed by atoms with Crippen molar-refractivity contribution in [2.45, 2.75) is 20.0 Å². The average molecular weight is 591 g/mol. The lowest BCUT2D eigenvalue weighted by Crippen LogP contribution is -2.44. The van der Waals surface area contributed by atoms with Crippen LogP contribution in [0.15, 0.2) is 78.4 Å². The number of nitrogens with zero attached hydrogens (tertiary/aromatic N) is 5. The van der Waals surface area contributed by atoms with Crippen molar-refractivity contribution in [1.82, 2.24) is 14.5 Å². The fourth-order valence-electron chi connectivity index (χ4n) is 6.05. The van der Waals surface area contributed by atoms with Crippen LogP contribution in [-0.4, -0.2) is 65.2 Å². The van der Waals surface area contributed by atoms with E-state index < -0.39 is 0 Å². The highest BCUT2D eigenvalue weighted by atomic mass is 16.3. The maximum Gasteiger partial charge on any atom is 0.274 e. The van der Waals surface area contributed by atoms with Crippen LogP contribution in [-0.2, 0) is 20.1 Å². The largest absolute Gasteiger partial charge is 0.392 e. The van der Waals surface area contributed by atoms with Gasteiger partial charge in [-0.3, -0.25) is 9.59 Å². The van der Waals surface area contributed by atoms with Crippen LogP contribution in [0.2, 0.25) is 0 Å². The molecule has 0 aliphatic carbocycles. The first-order valence-electron chi connectivity index (χ1n) is 14.9. The number of aliphatic hydroxyl groups is 1. The molecule has 2 aliphatic rings. The molecule has 1 fully saturated rings. The number of amides is 1. The van der Waals surface area contributed by atoms with Gasteiger partial charge in [-0.15, -0.1) is 0 Å². The molecule has 9 nitrogen and oxygen atoms in total. The van der Waals surface area contributed by atoms with Gasteiger partial charge in [0.2, 0.25) is 0 Å². The summed E-state index contributed by atoms with van der Waals surface area (Å²) >= 11 is 0. The van der Waals surface area contributed by atoms with Gasteiger partial charge in [-0.25, -0.2) is 4.98 Å². The molecule has 2 aromatic carbocycles. The standard InChI is InChI=1S/C35H38N6O3/c1-23(2)24-8-10-29-25(18-24)12-13-41(34(29)43)32-7-5-6-28(30(32)22-42)26-19-31(35(44)39(4)21-26)37-33-11-9-27(20-36-33)40-16-14-38(3)15-17-40/h5-11,18-21,42H,1,12-17,22H2,2-4H3,(H,36,37). The zero-order chi connectivity index (χ0) is 31.0. The van der Waals surface area contributed by atoms with E-state index >= 15 is 0 Å². The Kier molecular flexibility index (Phi) is 8.07. The van der Waals surface area contributed by atoms with E-state index in [4.69, 9.17) is 0 Å². The molecule has 2 N–H and O–H groups in total. The highest BCUT2D eigenvalue weighted by molar-refractivity contribution is 6.09. The summed E-state index contributed by atoms with van der Waals surface area (Å²) in [6, 6.07) is 17.2. The monoisotopic (exact) mass is 590 g/mol. The van der Waals surface area contributed by atoms with E-state index in [2.05, 4.69) is 33.7 Å². The number of aliphatic hydroxyl groups excluding tert-OH is 1. The van der Waals surface area contributed by atoms with Crippen molar-refractivity contribution < 1.29 is 9.90 Å². The molecule has 9 heteroatoms. The number of fused-ring (bicyclic) bond motifs is 1. The number of carbonyl (C=O) groups is 1. The molecular weight excluding hydrogens is 552 g/mol. The fourth-order valence-corrected chi connectivity index (χ4v) is 6.05. The minimum absolute atomic E-state index is 0.0970. The van der Waals surface area contributed by atoms with E-state index in [1.165, 1.54) is 4.57 Å². The molecule has 0 radical (unpaired) electrons. The number of benzene rings is 2. The molecule has 0 atom stereocenters. The number of pyridine rings is 2. The molecule has 2 aromatic heterocycles. The van der Waals surface area contributed by atoms with Crippen LogP contribution in [0.1, 0.15) is 34.0 Å². The molecule has 0 unspecified atom stereocenters. The lowest BCUT2D eigenvalue weighted by Gasteiger charge is -2.33. The van der Waals surface area contributed by atoms with Gasteiger partial charge >= 0.3 is 0 Å². The zero-order valence-electron chi connectivity index (χ0n) is 25.5. The average Bonchev–Trinajstić information content (AvgIpc) is 3.03. The highest BCUT2D eigenvalue weighted by Crippen LogP contribution is 2.35. The zero-order valence-corrected chi connectivity index (χ0v) is 25.5. The Morgan fingerprint density at radius 2 is 1.77 bits per heavy atom. The minimum atomic E-state index is -0.266. The Bertz CT molecular complexity index is 1790. The van der Waals surface area contributed by atoms with Gasteiger partial charge in [0.1, 0.15) is 11.5 Å². The predicted molar refractivity (Wildman–Crippen MR) is 177 cm³/mol. The first kappa shape index (κ1) is 29.3. The van der Waals surface area contributed by atoms with Crippen molar-refractivity contribution in [1.29, 1.82) is 0 Å². The number of nitrogens with one attached hydrogen (secondary N) is 1. The molecule has 1 amide bonds. The lowest BCUT2D eigenvalue weighted by atomic mass is 9.93. The van der Waals surface area contributed by atoms with Gasteiger partial charge in [0.05, 0.1) is 24.2 Å². The van der Waals surface area contributed by atoms with Gasteiger partial charge in [-0.2, -0.15) is 0 Å². The Hall–Kier alpha value is -4.73. The molecule has 4 aromatic rings. The van der Waals surface area contributed by atoms with Crippen molar-refractivity contribution in [2.24, 2.45) is 7.05 Å². The number of likely N-dealkylation sites (N-methyl/N-ethyl adjacent to an activating group) is 1. The Morgan fingerprint density at radius 3 is 2.48 bits per heavy atom. The van der Waals surface area contributed by atoms with Crippen molar-refractivity contribution in [3.63, 3.8) is 0 Å².